The summed E-state index contributed by atoms with van der Waals surface area (Å²) in [4.78, 5) is 25.8. The number of amides is 2. The largest absolute Gasteiger partial charge is 0.344 e. The number of nitrogens with one attached hydrogen (secondary N) is 1. The highest BCUT2D eigenvalue weighted by atomic mass is 79.9. The van der Waals surface area contributed by atoms with Crippen LogP contribution in [0.4, 0.5) is 0 Å². The molecule has 1 aliphatic rings. The predicted octanol–water partition coefficient (Wildman–Crippen LogP) is 4.50. The average molecular weight is 445 g/mol. The number of aryl methyl sites for hydroxylation is 1. The van der Waals surface area contributed by atoms with Gasteiger partial charge in [0.05, 0.1) is 0 Å². The van der Waals surface area contributed by atoms with Crippen molar-refractivity contribution in [2.45, 2.75) is 45.6 Å². The molecule has 0 saturated carbocycles. The van der Waals surface area contributed by atoms with Crippen molar-refractivity contribution in [1.82, 2.24) is 10.2 Å². The molecule has 1 N–H and O–H groups in total. The van der Waals surface area contributed by atoms with E-state index in [0.717, 1.165) is 36.0 Å². The molecule has 1 aliphatic heterocycles. The quantitative estimate of drug-likeness (QED) is 0.753. The first-order valence-electron chi connectivity index (χ1n) is 9.77. The van der Waals surface area contributed by atoms with E-state index < -0.39 is 6.04 Å². The Balaban J connectivity index is 0.000000292. The molecule has 0 bridgehead atoms. The molecule has 0 unspecified atom stereocenters. The van der Waals surface area contributed by atoms with Crippen LogP contribution in [0.3, 0.4) is 0 Å². The fraction of sp³-hybridized carbons (Fsp3) is 0.391. The van der Waals surface area contributed by atoms with E-state index in [1.807, 2.05) is 47.4 Å². The molecule has 4 nitrogen and oxygen atoms in total. The Labute approximate surface area is 176 Å². The summed E-state index contributed by atoms with van der Waals surface area (Å²) < 4.78 is 1.14. The monoisotopic (exact) mass is 444 g/mol. The number of carbonyl (C=O) groups excluding carboxylic acids is 2. The lowest BCUT2D eigenvalue weighted by molar-refractivity contribution is -0.136. The Bertz CT molecular complexity index is 720. The van der Waals surface area contributed by atoms with E-state index in [1.165, 1.54) is 18.9 Å². The van der Waals surface area contributed by atoms with Crippen LogP contribution in [0.1, 0.15) is 37.3 Å². The minimum atomic E-state index is -0.451. The van der Waals surface area contributed by atoms with Crippen LogP contribution in [-0.2, 0) is 16.0 Å². The predicted molar refractivity (Wildman–Crippen MR) is 117 cm³/mol. The van der Waals surface area contributed by atoms with E-state index in [0.29, 0.717) is 6.42 Å². The van der Waals surface area contributed by atoms with Crippen molar-refractivity contribution >= 4 is 27.7 Å². The van der Waals surface area contributed by atoms with E-state index in [9.17, 15) is 9.59 Å². The van der Waals surface area contributed by atoms with Crippen LogP contribution in [0.5, 0.6) is 0 Å². The van der Waals surface area contributed by atoms with Gasteiger partial charge >= 0.3 is 0 Å². The number of hydrogen-bond acceptors (Lipinski definition) is 2. The second-order valence-corrected chi connectivity index (χ2v) is 8.04. The number of carbonyl (C=O) groups is 2. The smallest absolute Gasteiger partial charge is 0.245 e. The van der Waals surface area contributed by atoms with Crippen molar-refractivity contribution in [3.05, 3.63) is 70.2 Å². The first-order valence-corrected chi connectivity index (χ1v) is 10.6. The van der Waals surface area contributed by atoms with Gasteiger partial charge in [0, 0.05) is 30.9 Å². The zero-order valence-electron chi connectivity index (χ0n) is 16.7. The summed E-state index contributed by atoms with van der Waals surface area (Å²) in [5.74, 6) is -0.111. The van der Waals surface area contributed by atoms with Gasteiger partial charge in [-0.1, -0.05) is 64.0 Å². The summed E-state index contributed by atoms with van der Waals surface area (Å²) in [5.41, 5.74) is 2.37. The molecular formula is C23H29BrN2O2. The third kappa shape index (κ3) is 7.85. The minimum absolute atomic E-state index is 0.0451. The summed E-state index contributed by atoms with van der Waals surface area (Å²) in [7, 11) is 0. The highest BCUT2D eigenvalue weighted by Crippen LogP contribution is 2.12. The maximum absolute atomic E-state index is 12.5. The van der Waals surface area contributed by atoms with Crippen LogP contribution in [-0.4, -0.2) is 35.8 Å². The van der Waals surface area contributed by atoms with Gasteiger partial charge in [0.25, 0.3) is 0 Å². The summed E-state index contributed by atoms with van der Waals surface area (Å²) in [6.45, 7) is 5.15. The van der Waals surface area contributed by atoms with E-state index in [4.69, 9.17) is 0 Å². The van der Waals surface area contributed by atoms with Crippen molar-refractivity contribution in [3.8, 4) is 0 Å². The topological polar surface area (TPSA) is 49.4 Å². The average Bonchev–Trinajstić information content (AvgIpc) is 2.71. The van der Waals surface area contributed by atoms with Gasteiger partial charge in [-0.15, -0.1) is 0 Å². The second-order valence-electron chi connectivity index (χ2n) is 7.12. The Morgan fingerprint density at radius 1 is 1.00 bits per heavy atom. The molecule has 2 amide bonds. The van der Waals surface area contributed by atoms with Gasteiger partial charge in [-0.25, -0.2) is 0 Å². The number of halogens is 1. The Morgan fingerprint density at radius 2 is 1.61 bits per heavy atom. The lowest BCUT2D eigenvalue weighted by Gasteiger charge is -2.30. The van der Waals surface area contributed by atoms with E-state index in [1.54, 1.807) is 0 Å². The molecule has 28 heavy (non-hydrogen) atoms. The highest BCUT2D eigenvalue weighted by molar-refractivity contribution is 9.10. The summed E-state index contributed by atoms with van der Waals surface area (Å²) in [6, 6.07) is 17.6. The lowest BCUT2D eigenvalue weighted by Crippen LogP contribution is -2.50. The molecule has 0 aromatic heterocycles. The van der Waals surface area contributed by atoms with Crippen molar-refractivity contribution in [2.24, 2.45) is 0 Å². The van der Waals surface area contributed by atoms with Gasteiger partial charge < -0.3 is 10.2 Å². The van der Waals surface area contributed by atoms with Crippen LogP contribution in [0.2, 0.25) is 0 Å². The minimum Gasteiger partial charge on any atom is -0.344 e. The normalized spacial score (nSPS) is 14.5. The fourth-order valence-corrected chi connectivity index (χ4v) is 3.43. The van der Waals surface area contributed by atoms with Crippen LogP contribution < -0.4 is 5.32 Å². The first kappa shape index (κ1) is 22.2. The molecule has 3 rings (SSSR count). The van der Waals surface area contributed by atoms with Crippen LogP contribution in [0, 0.1) is 6.92 Å². The van der Waals surface area contributed by atoms with Gasteiger partial charge in [-0.2, -0.15) is 0 Å². The van der Waals surface area contributed by atoms with Gasteiger partial charge in [0.1, 0.15) is 6.04 Å². The number of benzene rings is 2. The van der Waals surface area contributed by atoms with Crippen molar-refractivity contribution in [3.63, 3.8) is 0 Å². The van der Waals surface area contributed by atoms with Crippen LogP contribution >= 0.6 is 15.9 Å². The molecule has 0 spiro atoms. The molecule has 2 aromatic rings. The molecule has 1 saturated heterocycles. The third-order valence-corrected chi connectivity index (χ3v) is 5.17. The molecule has 1 atom stereocenters. The van der Waals surface area contributed by atoms with Gasteiger partial charge in [0.15, 0.2) is 0 Å². The molecule has 5 heteroatoms. The van der Waals surface area contributed by atoms with Gasteiger partial charge in [0.2, 0.25) is 11.8 Å². The van der Waals surface area contributed by atoms with E-state index in [-0.39, 0.29) is 11.8 Å². The fourth-order valence-electron chi connectivity index (χ4n) is 3.16. The summed E-state index contributed by atoms with van der Waals surface area (Å²) in [6.07, 6.45) is 3.86. The van der Waals surface area contributed by atoms with Crippen LogP contribution in [0.25, 0.3) is 0 Å². The second kappa shape index (κ2) is 11.6. The van der Waals surface area contributed by atoms with E-state index in [2.05, 4.69) is 40.3 Å². The maximum atomic E-state index is 12.5. The number of piperidine rings is 1. The van der Waals surface area contributed by atoms with Gasteiger partial charge in [-0.3, -0.25) is 9.59 Å². The number of nitrogens with zero attached hydrogens (tertiary/aromatic N) is 1. The lowest BCUT2D eigenvalue weighted by atomic mass is 10.0. The standard InChI is InChI=1S/C16H22N2O2.C7H7Br/c1-13(19)17-15(12-14-8-4-2-5-9-14)16(20)18-10-6-3-7-11-18;1-6-2-4-7(8)5-3-6/h2,4-5,8-9,15H,3,6-7,10-12H2,1H3,(H,17,19);2-5H,1H3/t15-;/m0./s1. The molecule has 150 valence electrons. The number of likely N-dealkylation sites (tertiary alicyclic amines) is 1. The molecule has 1 fully saturated rings. The Hall–Kier alpha value is -2.14. The highest BCUT2D eigenvalue weighted by Gasteiger charge is 2.26. The maximum Gasteiger partial charge on any atom is 0.245 e. The Kier molecular flexibility index (Phi) is 9.21. The van der Waals surface area contributed by atoms with Crippen molar-refractivity contribution < 1.29 is 9.59 Å². The molecule has 0 aliphatic carbocycles. The SMILES string of the molecule is CC(=O)N[C@@H](Cc1ccccc1)C(=O)N1CCCCC1.Cc1ccc(Br)cc1. The van der Waals surface area contributed by atoms with Crippen molar-refractivity contribution in [2.75, 3.05) is 13.1 Å². The summed E-state index contributed by atoms with van der Waals surface area (Å²) in [5, 5.41) is 2.80. The molecule has 2 aromatic carbocycles. The summed E-state index contributed by atoms with van der Waals surface area (Å²) >= 11 is 3.35. The zero-order chi connectivity index (χ0) is 20.4. The van der Waals surface area contributed by atoms with E-state index >= 15 is 0 Å². The van der Waals surface area contributed by atoms with Crippen LogP contribution in [0.15, 0.2) is 59.1 Å². The molecule has 1 heterocycles. The molecular weight excluding hydrogens is 416 g/mol. The zero-order valence-corrected chi connectivity index (χ0v) is 18.2. The third-order valence-electron chi connectivity index (χ3n) is 4.64. The first-order chi connectivity index (χ1) is 13.5. The Morgan fingerprint density at radius 3 is 2.14 bits per heavy atom. The van der Waals surface area contributed by atoms with Gasteiger partial charge in [-0.05, 0) is 43.9 Å². The van der Waals surface area contributed by atoms with Crippen molar-refractivity contribution in [1.29, 1.82) is 0 Å². The number of hydrogen-bond donors (Lipinski definition) is 1. The number of rotatable bonds is 4. The molecule has 0 radical (unpaired) electrons.